The third-order valence-electron chi connectivity index (χ3n) is 3.37. The van der Waals surface area contributed by atoms with E-state index in [9.17, 15) is 27.2 Å². The maximum atomic E-state index is 13.7. The summed E-state index contributed by atoms with van der Waals surface area (Å²) in [6.45, 7) is 0. The number of hydrogen-bond acceptors (Lipinski definition) is 4. The molecule has 0 aliphatic carbocycles. The molecule has 1 aliphatic heterocycles. The number of carbonyl (C=O) groups excluding carboxylic acids is 2. The van der Waals surface area contributed by atoms with Gasteiger partial charge in [0.1, 0.15) is 5.75 Å². The van der Waals surface area contributed by atoms with Crippen molar-refractivity contribution in [3.63, 3.8) is 0 Å². The van der Waals surface area contributed by atoms with E-state index in [-0.39, 0.29) is 16.3 Å². The van der Waals surface area contributed by atoms with Gasteiger partial charge in [-0.25, -0.2) is 9.53 Å². The first-order chi connectivity index (χ1) is 12.6. The highest BCUT2D eigenvalue weighted by molar-refractivity contribution is 6.34. The van der Waals surface area contributed by atoms with Crippen LogP contribution in [0.25, 0.3) is 0 Å². The lowest BCUT2D eigenvalue weighted by atomic mass is 10.1. The molecule has 3 rings (SSSR count). The Morgan fingerprint density at radius 3 is 2.44 bits per heavy atom. The van der Waals surface area contributed by atoms with Crippen LogP contribution < -0.4 is 15.4 Å². The third kappa shape index (κ3) is 4.12. The van der Waals surface area contributed by atoms with Gasteiger partial charge >= 0.3 is 18.4 Å². The van der Waals surface area contributed by atoms with E-state index in [1.807, 2.05) is 5.32 Å². The zero-order valence-electron chi connectivity index (χ0n) is 13.1. The topological polar surface area (TPSA) is 76.7 Å². The number of rotatable bonds is 2. The molecule has 1 aliphatic rings. The summed E-state index contributed by atoms with van der Waals surface area (Å²) in [6, 6.07) is 7.41. The number of anilines is 1. The van der Waals surface area contributed by atoms with Gasteiger partial charge in [0, 0.05) is 5.69 Å². The van der Waals surface area contributed by atoms with Crippen molar-refractivity contribution in [1.29, 1.82) is 0 Å². The minimum Gasteiger partial charge on any atom is -0.409 e. The molecular formula is C16H9ClF4N2O4. The second-order valence-electron chi connectivity index (χ2n) is 5.28. The van der Waals surface area contributed by atoms with Gasteiger partial charge in [-0.1, -0.05) is 23.7 Å². The Morgan fingerprint density at radius 2 is 1.74 bits per heavy atom. The monoisotopic (exact) mass is 404 g/mol. The molecule has 2 aromatic rings. The summed E-state index contributed by atoms with van der Waals surface area (Å²) < 4.78 is 60.7. The van der Waals surface area contributed by atoms with Gasteiger partial charge in [-0.15, -0.1) is 8.78 Å². The van der Waals surface area contributed by atoms with Crippen LogP contribution in [0.2, 0.25) is 5.02 Å². The fourth-order valence-corrected chi connectivity index (χ4v) is 2.48. The minimum atomic E-state index is -4.50. The third-order valence-corrected chi connectivity index (χ3v) is 3.70. The molecule has 0 aromatic heterocycles. The normalized spacial score (nSPS) is 16.6. The summed E-state index contributed by atoms with van der Waals surface area (Å²) in [5, 5.41) is 4.18. The highest BCUT2D eigenvalue weighted by Crippen LogP contribution is 2.46. The first-order valence-electron chi connectivity index (χ1n) is 7.24. The Morgan fingerprint density at radius 1 is 1.04 bits per heavy atom. The van der Waals surface area contributed by atoms with E-state index in [4.69, 9.17) is 11.6 Å². The molecule has 6 nitrogen and oxygen atoms in total. The Labute approximate surface area is 154 Å². The molecule has 0 fully saturated rings. The van der Waals surface area contributed by atoms with Crippen LogP contribution in [0.1, 0.15) is 15.9 Å². The standard InChI is InChI=1S/C16H9ClF4N2O4/c17-11-4-2-1-3-9(11)13(24)23-14(25)22-8-5-6-12-10(7-8)15(18,19)27-16(20,21)26-12/h1-7H,(H2,22,23,24,25). The molecule has 27 heavy (non-hydrogen) atoms. The average molecular weight is 405 g/mol. The van der Waals surface area contributed by atoms with Gasteiger partial charge in [-0.05, 0) is 30.3 Å². The SMILES string of the molecule is O=C(NC(=O)c1ccccc1Cl)Nc1ccc2c(c1)C(F)(F)OC(F)(F)O2. The van der Waals surface area contributed by atoms with Crippen LogP contribution in [0.5, 0.6) is 5.75 Å². The summed E-state index contributed by atoms with van der Waals surface area (Å²) >= 11 is 5.83. The van der Waals surface area contributed by atoms with Gasteiger partial charge in [-0.2, -0.15) is 8.78 Å². The van der Waals surface area contributed by atoms with E-state index < -0.39 is 35.7 Å². The molecule has 2 aromatic carbocycles. The maximum Gasteiger partial charge on any atom is 0.540 e. The number of imide groups is 1. The van der Waals surface area contributed by atoms with E-state index in [0.29, 0.717) is 6.07 Å². The molecule has 1 heterocycles. The lowest BCUT2D eigenvalue weighted by Gasteiger charge is -2.30. The first-order valence-corrected chi connectivity index (χ1v) is 7.61. The van der Waals surface area contributed by atoms with Crippen LogP contribution in [-0.4, -0.2) is 18.2 Å². The summed E-state index contributed by atoms with van der Waals surface area (Å²) in [4.78, 5) is 23.9. The number of urea groups is 1. The van der Waals surface area contributed by atoms with Crippen LogP contribution >= 0.6 is 11.6 Å². The Kier molecular flexibility index (Phi) is 4.70. The lowest BCUT2D eigenvalue weighted by molar-refractivity contribution is -0.461. The van der Waals surface area contributed by atoms with Crippen LogP contribution in [0.15, 0.2) is 42.5 Å². The minimum absolute atomic E-state index is 0.0234. The molecule has 0 saturated heterocycles. The van der Waals surface area contributed by atoms with Crippen molar-refractivity contribution in [3.05, 3.63) is 58.6 Å². The summed E-state index contributed by atoms with van der Waals surface area (Å²) in [5.41, 5.74) is -1.20. The maximum absolute atomic E-state index is 13.7. The zero-order chi connectivity index (χ0) is 19.8. The molecule has 2 N–H and O–H groups in total. The number of benzene rings is 2. The van der Waals surface area contributed by atoms with Crippen molar-refractivity contribution in [2.75, 3.05) is 5.32 Å². The molecule has 0 unspecified atom stereocenters. The van der Waals surface area contributed by atoms with E-state index in [1.165, 1.54) is 18.2 Å². The highest BCUT2D eigenvalue weighted by Gasteiger charge is 2.54. The molecule has 0 spiro atoms. The van der Waals surface area contributed by atoms with E-state index >= 15 is 0 Å². The smallest absolute Gasteiger partial charge is 0.409 e. The van der Waals surface area contributed by atoms with Crippen molar-refractivity contribution in [3.8, 4) is 5.75 Å². The first kappa shape index (κ1) is 18.9. The predicted molar refractivity (Wildman–Crippen MR) is 84.9 cm³/mol. The molecular weight excluding hydrogens is 396 g/mol. The average Bonchev–Trinajstić information content (AvgIpc) is 2.54. The second kappa shape index (κ2) is 6.71. The lowest BCUT2D eigenvalue weighted by Crippen LogP contribution is -2.41. The molecule has 142 valence electrons. The highest BCUT2D eigenvalue weighted by atomic mass is 35.5. The summed E-state index contributed by atoms with van der Waals surface area (Å²) in [6.07, 6.45) is -8.84. The Balaban J connectivity index is 1.74. The van der Waals surface area contributed by atoms with Crippen LogP contribution in [-0.2, 0) is 10.8 Å². The van der Waals surface area contributed by atoms with E-state index in [1.54, 1.807) is 6.07 Å². The van der Waals surface area contributed by atoms with Gasteiger partial charge in [0.2, 0.25) is 0 Å². The number of fused-ring (bicyclic) bond motifs is 1. The Bertz CT molecular complexity index is 923. The Hall–Kier alpha value is -2.85. The van der Waals surface area contributed by atoms with Crippen molar-refractivity contribution >= 4 is 29.2 Å². The fraction of sp³-hybridized carbons (Fsp3) is 0.125. The van der Waals surface area contributed by atoms with Gasteiger partial charge in [0.05, 0.1) is 16.1 Å². The van der Waals surface area contributed by atoms with Gasteiger partial charge in [-0.3, -0.25) is 10.1 Å². The molecule has 11 heteroatoms. The number of hydrogen-bond donors (Lipinski definition) is 2. The van der Waals surface area contributed by atoms with E-state index in [0.717, 1.165) is 12.1 Å². The largest absolute Gasteiger partial charge is 0.540 e. The number of nitrogens with one attached hydrogen (secondary N) is 2. The molecule has 3 amide bonds. The van der Waals surface area contributed by atoms with Crippen molar-refractivity contribution in [2.45, 2.75) is 12.4 Å². The second-order valence-corrected chi connectivity index (χ2v) is 5.69. The van der Waals surface area contributed by atoms with E-state index in [2.05, 4.69) is 14.8 Å². The van der Waals surface area contributed by atoms with Crippen molar-refractivity contribution < 1.29 is 36.6 Å². The van der Waals surface area contributed by atoms with Crippen LogP contribution in [0.4, 0.5) is 28.0 Å². The quantitative estimate of drug-likeness (QED) is 0.731. The number of ether oxygens (including phenoxy) is 2. The molecule has 0 radical (unpaired) electrons. The molecule has 0 saturated carbocycles. The number of alkyl halides is 4. The number of carbonyl (C=O) groups is 2. The van der Waals surface area contributed by atoms with Gasteiger partial charge in [0.15, 0.2) is 0 Å². The fourth-order valence-electron chi connectivity index (χ4n) is 2.26. The number of amides is 3. The van der Waals surface area contributed by atoms with Crippen molar-refractivity contribution in [1.82, 2.24) is 5.32 Å². The van der Waals surface area contributed by atoms with Crippen molar-refractivity contribution in [2.24, 2.45) is 0 Å². The summed E-state index contributed by atoms with van der Waals surface area (Å²) in [5.74, 6) is -1.64. The molecule has 0 atom stereocenters. The van der Waals surface area contributed by atoms with Crippen LogP contribution in [0.3, 0.4) is 0 Å². The molecule has 0 bridgehead atoms. The van der Waals surface area contributed by atoms with Gasteiger partial charge < -0.3 is 10.1 Å². The zero-order valence-corrected chi connectivity index (χ0v) is 13.8. The predicted octanol–water partition coefficient (Wildman–Crippen LogP) is 4.31. The van der Waals surface area contributed by atoms with Crippen LogP contribution in [0, 0.1) is 0 Å². The number of halogens is 5. The van der Waals surface area contributed by atoms with Gasteiger partial charge in [0.25, 0.3) is 5.91 Å². The summed E-state index contributed by atoms with van der Waals surface area (Å²) in [7, 11) is 0.